The van der Waals surface area contributed by atoms with Crippen LogP contribution in [0.4, 0.5) is 0 Å². The van der Waals surface area contributed by atoms with Gasteiger partial charge >= 0.3 is 20.4 Å². The molecule has 13 rings (SSSR count). The predicted molar refractivity (Wildman–Crippen MR) is 289 cm³/mol. The number of hydrogen-bond donors (Lipinski definition) is 0. The summed E-state index contributed by atoms with van der Waals surface area (Å²) in [7, 11) is 0. The first-order valence-electron chi connectivity index (χ1n) is 24.5. The van der Waals surface area contributed by atoms with Crippen LogP contribution >= 0.6 is 0 Å². The maximum atomic E-state index is 5.97. The van der Waals surface area contributed by atoms with Crippen molar-refractivity contribution in [2.45, 2.75) is 79.1 Å². The Hall–Kier alpha value is -6.90. The minimum absolute atomic E-state index is 0. The first-order valence-corrected chi connectivity index (χ1v) is 24.5. The molecule has 0 saturated carbocycles. The van der Waals surface area contributed by atoms with Crippen LogP contribution in [0.1, 0.15) is 101 Å². The fraction of sp³-hybridized carbons (Fsp3) is 0.188. The Morgan fingerprint density at radius 1 is 0.290 bits per heavy atom. The summed E-state index contributed by atoms with van der Waals surface area (Å²) in [6, 6.07) is 54.0. The number of fused-ring (bicyclic) bond motifs is 24. The van der Waals surface area contributed by atoms with Gasteiger partial charge in [-0.15, -0.1) is 22.1 Å². The first kappa shape index (κ1) is 43.4. The third kappa shape index (κ3) is 6.51. The molecule has 5 heteroatoms. The molecule has 0 radical (unpaired) electrons. The summed E-state index contributed by atoms with van der Waals surface area (Å²) >= 11 is 0. The maximum Gasteiger partial charge on any atom is 2.00 e. The summed E-state index contributed by atoms with van der Waals surface area (Å²) in [5, 5.41) is 14.2. The largest absolute Gasteiger partial charge is 2.00 e. The van der Waals surface area contributed by atoms with Gasteiger partial charge in [0, 0.05) is 22.3 Å². The van der Waals surface area contributed by atoms with Crippen molar-refractivity contribution in [1.82, 2.24) is 19.9 Å². The molecule has 4 nitrogen and oxygen atoms in total. The van der Waals surface area contributed by atoms with Gasteiger partial charge in [-0.2, -0.15) is 0 Å². The van der Waals surface area contributed by atoms with Gasteiger partial charge in [0.15, 0.2) is 0 Å². The van der Waals surface area contributed by atoms with E-state index in [2.05, 4.69) is 201 Å². The zero-order chi connectivity index (χ0) is 46.3. The second-order valence-corrected chi connectivity index (χ2v) is 20.5. The predicted octanol–water partition coefficient (Wildman–Crippen LogP) is 17.7. The smallest absolute Gasteiger partial charge is 0.656 e. The zero-order valence-corrected chi connectivity index (χ0v) is 41.8. The number of nitrogens with zero attached hydrogens (tertiary/aromatic N) is 4. The second-order valence-electron chi connectivity index (χ2n) is 20.5. The molecule has 0 atom stereocenters. The summed E-state index contributed by atoms with van der Waals surface area (Å²) in [4.78, 5) is 23.9. The Morgan fingerprint density at radius 2 is 0.478 bits per heavy atom. The average Bonchev–Trinajstić information content (AvgIpc) is 4.07. The van der Waals surface area contributed by atoms with Crippen LogP contribution in [0.5, 0.6) is 0 Å². The summed E-state index contributed by atoms with van der Waals surface area (Å²) in [6.45, 7) is 18.5. The van der Waals surface area contributed by atoms with Gasteiger partial charge in [0.1, 0.15) is 0 Å². The number of rotatable bonds is 4. The van der Waals surface area contributed by atoms with Crippen molar-refractivity contribution in [3.8, 4) is 45.0 Å². The van der Waals surface area contributed by atoms with Crippen molar-refractivity contribution in [2.75, 3.05) is 0 Å². The van der Waals surface area contributed by atoms with Crippen LogP contribution in [0.2, 0.25) is 0 Å². The quantitative estimate of drug-likeness (QED) is 0.165. The van der Waals surface area contributed by atoms with Crippen LogP contribution in [0, 0.1) is 0 Å². The van der Waals surface area contributed by atoms with Crippen LogP contribution in [-0.4, -0.2) is 9.97 Å². The van der Waals surface area contributed by atoms with E-state index in [0.717, 1.165) is 111 Å². The van der Waals surface area contributed by atoms with Gasteiger partial charge in [0.25, 0.3) is 0 Å². The molecule has 0 fully saturated rings. The Labute approximate surface area is 416 Å². The molecule has 0 unspecified atom stereocenters. The van der Waals surface area contributed by atoms with Crippen LogP contribution in [-0.2, 0) is 20.4 Å². The fourth-order valence-corrected chi connectivity index (χ4v) is 11.7. The SMILES string of the molecule is CC(C)c1c2nc(c(C(C)C)c3[n-]c(c(C(C)C)c4nc(c(C(C)C)c5[n-]c1c1cc6ccccc6cc51)-c1cc5ccccc5cc1-4)c1cc4ccccc4cc31)-c1cc3ccccc3cc1-2.[Pd+2]. The van der Waals surface area contributed by atoms with E-state index < -0.39 is 0 Å². The first-order chi connectivity index (χ1) is 33.0. The molecule has 0 aliphatic carbocycles. The minimum Gasteiger partial charge on any atom is -0.656 e. The molecule has 69 heavy (non-hydrogen) atoms. The van der Waals surface area contributed by atoms with E-state index in [4.69, 9.17) is 19.9 Å². The van der Waals surface area contributed by atoms with Gasteiger partial charge in [-0.05, 0) is 159 Å². The molecule has 8 aromatic carbocycles. The maximum absolute atomic E-state index is 5.97. The summed E-state index contributed by atoms with van der Waals surface area (Å²) in [5.74, 6) is 0.347. The van der Waals surface area contributed by atoms with Gasteiger partial charge in [0.2, 0.25) is 0 Å². The van der Waals surface area contributed by atoms with Crippen molar-refractivity contribution >= 4 is 86.7 Å². The molecule has 3 aromatic heterocycles. The fourth-order valence-electron chi connectivity index (χ4n) is 11.7. The Kier molecular flexibility index (Phi) is 10.1. The monoisotopic (exact) mass is 982 g/mol. The van der Waals surface area contributed by atoms with E-state index in [0.29, 0.717) is 0 Å². The van der Waals surface area contributed by atoms with Gasteiger partial charge in [0.05, 0.1) is 22.8 Å². The third-order valence-corrected chi connectivity index (χ3v) is 14.8. The molecule has 0 N–H and O–H groups in total. The van der Waals surface area contributed by atoms with E-state index in [1.54, 1.807) is 0 Å². The Morgan fingerprint density at radius 3 is 0.667 bits per heavy atom. The summed E-state index contributed by atoms with van der Waals surface area (Å²) in [6.07, 6.45) is 0. The van der Waals surface area contributed by atoms with E-state index in [9.17, 15) is 0 Å². The van der Waals surface area contributed by atoms with Crippen molar-refractivity contribution in [3.05, 3.63) is 168 Å². The van der Waals surface area contributed by atoms with Gasteiger partial charge < -0.3 is 9.97 Å². The topological polar surface area (TPSA) is 54.0 Å². The van der Waals surface area contributed by atoms with Crippen molar-refractivity contribution in [1.29, 1.82) is 0 Å². The van der Waals surface area contributed by atoms with E-state index in [1.807, 2.05) is 0 Å². The Bertz CT molecular complexity index is 3640. The molecule has 2 aliphatic rings. The number of aromatic nitrogens is 4. The van der Waals surface area contributed by atoms with Crippen molar-refractivity contribution in [3.63, 3.8) is 0 Å². The van der Waals surface area contributed by atoms with Gasteiger partial charge in [-0.1, -0.05) is 152 Å². The van der Waals surface area contributed by atoms with E-state index in [-0.39, 0.29) is 44.1 Å². The standard InChI is InChI=1S/C64H52N4.Pd/c1-33(2)53-57-45-25-37-17-9-11-19-39(37)27-47(45)59(65-57)54(34(3)4)61-49-29-41-21-13-15-23-43(41)31-51(49)63(67-61)56(36(7)8)64-52-32-44-24-16-14-22-42(44)30-50(52)62(68-64)55(35(5)6)60-48-28-40-20-12-10-18-38(40)26-46(48)58(53)66-60;/h9-36H,1-8H3;/q-2;+2. The van der Waals surface area contributed by atoms with Crippen molar-refractivity contribution < 1.29 is 20.4 Å². The molecular weight excluding hydrogens is 931 g/mol. The molecule has 11 aromatic rings. The average molecular weight is 984 g/mol. The van der Waals surface area contributed by atoms with E-state index >= 15 is 0 Å². The molecule has 8 bridgehead atoms. The second kappa shape index (κ2) is 16.1. The number of benzene rings is 8. The number of hydrogen-bond acceptors (Lipinski definition) is 2. The molecular formula is C64H52N4Pd. The van der Waals surface area contributed by atoms with Crippen LogP contribution < -0.4 is 9.97 Å². The van der Waals surface area contributed by atoms with Crippen LogP contribution in [0.3, 0.4) is 0 Å². The van der Waals surface area contributed by atoms with Crippen LogP contribution in [0.25, 0.3) is 132 Å². The molecule has 0 saturated heterocycles. The normalized spacial score (nSPS) is 12.5. The molecule has 2 aliphatic heterocycles. The van der Waals surface area contributed by atoms with Crippen molar-refractivity contribution in [2.24, 2.45) is 0 Å². The summed E-state index contributed by atoms with van der Waals surface area (Å²) < 4.78 is 0. The van der Waals surface area contributed by atoms with Crippen LogP contribution in [0.15, 0.2) is 146 Å². The van der Waals surface area contributed by atoms with Gasteiger partial charge in [-0.25, -0.2) is 9.97 Å². The molecule has 338 valence electrons. The molecule has 0 amide bonds. The summed E-state index contributed by atoms with van der Waals surface area (Å²) in [5.41, 5.74) is 17.1. The Balaban J connectivity index is 0.00000492. The third-order valence-electron chi connectivity index (χ3n) is 14.8. The zero-order valence-electron chi connectivity index (χ0n) is 40.3. The van der Waals surface area contributed by atoms with E-state index in [1.165, 1.54) is 43.1 Å². The van der Waals surface area contributed by atoms with Gasteiger partial charge in [-0.3, -0.25) is 0 Å². The molecule has 5 heterocycles. The molecule has 0 spiro atoms. The minimum atomic E-state index is 0.